The van der Waals surface area contributed by atoms with Gasteiger partial charge in [-0.05, 0) is 18.2 Å². The molecule has 0 bridgehead atoms. The molecule has 0 atom stereocenters. The molecule has 0 unspecified atom stereocenters. The monoisotopic (exact) mass is 360 g/mol. The van der Waals surface area contributed by atoms with Crippen molar-refractivity contribution >= 4 is 35.0 Å². The van der Waals surface area contributed by atoms with Gasteiger partial charge in [0.25, 0.3) is 0 Å². The Bertz CT molecular complexity index is 655. The van der Waals surface area contributed by atoms with Crippen molar-refractivity contribution in [3.05, 3.63) is 34.1 Å². The average molecular weight is 361 g/mol. The summed E-state index contributed by atoms with van der Waals surface area (Å²) >= 11 is 13.4. The predicted octanol–water partition coefficient (Wildman–Crippen LogP) is 3.77. The summed E-state index contributed by atoms with van der Waals surface area (Å²) in [6.07, 6.45) is 0. The van der Waals surface area contributed by atoms with Crippen LogP contribution in [0.3, 0.4) is 0 Å². The Morgan fingerprint density at radius 1 is 1.27 bits per heavy atom. The fourth-order valence-electron chi connectivity index (χ4n) is 1.76. The van der Waals surface area contributed by atoms with Crippen LogP contribution in [0.1, 0.15) is 26.6 Å². The number of rotatable bonds is 5. The first-order valence-corrected chi connectivity index (χ1v) is 8.45. The van der Waals surface area contributed by atoms with E-state index in [-0.39, 0.29) is 5.41 Å². The van der Waals surface area contributed by atoms with Gasteiger partial charge in [-0.1, -0.05) is 55.7 Å². The zero-order valence-electron chi connectivity index (χ0n) is 12.6. The lowest BCUT2D eigenvalue weighted by Gasteiger charge is -2.16. The highest BCUT2D eigenvalue weighted by Gasteiger charge is 2.22. The molecule has 2 N–H and O–H groups in total. The number of nitrogen functional groups attached to an aromatic ring is 1. The molecule has 0 radical (unpaired) electrons. The Kier molecular flexibility index (Phi) is 5.47. The zero-order valence-corrected chi connectivity index (χ0v) is 15.0. The van der Waals surface area contributed by atoms with E-state index in [4.69, 9.17) is 33.8 Å². The van der Waals surface area contributed by atoms with Gasteiger partial charge in [0.05, 0.1) is 11.6 Å². The first-order valence-electron chi connectivity index (χ1n) is 6.70. The maximum atomic E-state index is 6.04. The third-order valence-corrected chi connectivity index (χ3v) is 4.24. The van der Waals surface area contributed by atoms with Crippen molar-refractivity contribution in [2.75, 3.05) is 18.2 Å². The smallest absolute Gasteiger partial charge is 0.209 e. The number of nitrogens with zero attached hydrogens (tertiary/aromatic N) is 3. The van der Waals surface area contributed by atoms with Gasteiger partial charge >= 0.3 is 0 Å². The molecule has 2 aromatic rings. The van der Waals surface area contributed by atoms with E-state index >= 15 is 0 Å². The summed E-state index contributed by atoms with van der Waals surface area (Å²) < 4.78 is 7.15. The molecular weight excluding hydrogens is 343 g/mol. The van der Waals surface area contributed by atoms with Crippen LogP contribution in [-0.2, 0) is 5.41 Å². The second kappa shape index (κ2) is 6.98. The largest absolute Gasteiger partial charge is 0.491 e. The molecule has 1 heterocycles. The normalized spacial score (nSPS) is 11.7. The van der Waals surface area contributed by atoms with Gasteiger partial charge in [-0.3, -0.25) is 0 Å². The molecule has 120 valence electrons. The molecule has 5 nitrogen and oxygen atoms in total. The third-order valence-electron chi connectivity index (χ3n) is 2.80. The maximum absolute atomic E-state index is 6.04. The van der Waals surface area contributed by atoms with Crippen LogP contribution in [0, 0.1) is 0 Å². The summed E-state index contributed by atoms with van der Waals surface area (Å²) in [5, 5.41) is 9.98. The number of nitrogens with two attached hydrogens (primary N) is 1. The first-order chi connectivity index (χ1) is 10.3. The van der Waals surface area contributed by atoms with Crippen molar-refractivity contribution in [1.82, 2.24) is 14.9 Å². The number of hydrogen-bond acceptors (Lipinski definition) is 5. The van der Waals surface area contributed by atoms with Gasteiger partial charge in [-0.2, -0.15) is 0 Å². The summed E-state index contributed by atoms with van der Waals surface area (Å²) in [7, 11) is 0. The molecule has 1 aromatic heterocycles. The quantitative estimate of drug-likeness (QED) is 0.499. The highest BCUT2D eigenvalue weighted by Crippen LogP contribution is 2.28. The second-order valence-electron chi connectivity index (χ2n) is 5.70. The topological polar surface area (TPSA) is 66.0 Å². The van der Waals surface area contributed by atoms with Gasteiger partial charge in [-0.15, -0.1) is 10.2 Å². The molecule has 0 fully saturated rings. The molecule has 0 aliphatic rings. The number of aromatic nitrogens is 3. The lowest BCUT2D eigenvalue weighted by Crippen LogP contribution is -2.24. The molecule has 0 saturated heterocycles. The van der Waals surface area contributed by atoms with E-state index in [0.29, 0.717) is 33.3 Å². The van der Waals surface area contributed by atoms with E-state index in [9.17, 15) is 0 Å². The van der Waals surface area contributed by atoms with Gasteiger partial charge in [0.1, 0.15) is 5.75 Å². The molecule has 0 spiro atoms. The van der Waals surface area contributed by atoms with Crippen LogP contribution < -0.4 is 10.6 Å². The van der Waals surface area contributed by atoms with Crippen molar-refractivity contribution in [2.24, 2.45) is 0 Å². The van der Waals surface area contributed by atoms with E-state index in [1.807, 2.05) is 20.8 Å². The third kappa shape index (κ3) is 4.21. The van der Waals surface area contributed by atoms with Crippen LogP contribution in [0.5, 0.6) is 5.75 Å². The molecule has 0 saturated carbocycles. The predicted molar refractivity (Wildman–Crippen MR) is 91.6 cm³/mol. The Balaban J connectivity index is 1.88. The van der Waals surface area contributed by atoms with E-state index < -0.39 is 0 Å². The zero-order chi connectivity index (χ0) is 16.3. The van der Waals surface area contributed by atoms with Crippen LogP contribution in [0.2, 0.25) is 10.0 Å². The van der Waals surface area contributed by atoms with Gasteiger partial charge in [0.15, 0.2) is 5.82 Å². The number of benzene rings is 1. The van der Waals surface area contributed by atoms with Crippen LogP contribution in [-0.4, -0.2) is 27.2 Å². The van der Waals surface area contributed by atoms with Crippen LogP contribution >= 0.6 is 35.0 Å². The molecule has 0 aliphatic heterocycles. The average Bonchev–Trinajstić information content (AvgIpc) is 2.78. The molecule has 8 heteroatoms. The summed E-state index contributed by atoms with van der Waals surface area (Å²) in [5.74, 6) is 8.05. The lowest BCUT2D eigenvalue weighted by atomic mass is 9.96. The summed E-state index contributed by atoms with van der Waals surface area (Å²) in [5.41, 5.74) is -0.145. The van der Waals surface area contributed by atoms with Crippen molar-refractivity contribution < 1.29 is 4.74 Å². The molecule has 2 rings (SSSR count). The Hall–Kier alpha value is -1.11. The minimum atomic E-state index is -0.145. The Labute approximate surface area is 144 Å². The van der Waals surface area contributed by atoms with Gasteiger partial charge < -0.3 is 10.6 Å². The first kappa shape index (κ1) is 17.2. The minimum Gasteiger partial charge on any atom is -0.491 e. The molecule has 0 amide bonds. The van der Waals surface area contributed by atoms with Crippen molar-refractivity contribution in [1.29, 1.82) is 0 Å². The van der Waals surface area contributed by atoms with Crippen LogP contribution in [0.25, 0.3) is 0 Å². The Morgan fingerprint density at radius 2 is 2.00 bits per heavy atom. The highest BCUT2D eigenvalue weighted by molar-refractivity contribution is 7.99. The van der Waals surface area contributed by atoms with E-state index in [1.54, 1.807) is 18.2 Å². The lowest BCUT2D eigenvalue weighted by molar-refractivity contribution is 0.344. The van der Waals surface area contributed by atoms with Gasteiger partial charge in [0.2, 0.25) is 5.16 Å². The van der Waals surface area contributed by atoms with Crippen molar-refractivity contribution in [3.63, 3.8) is 0 Å². The van der Waals surface area contributed by atoms with Gasteiger partial charge in [-0.25, -0.2) is 4.68 Å². The molecule has 22 heavy (non-hydrogen) atoms. The van der Waals surface area contributed by atoms with E-state index in [1.165, 1.54) is 16.4 Å². The van der Waals surface area contributed by atoms with Crippen LogP contribution in [0.4, 0.5) is 0 Å². The number of thioether (sulfide) groups is 1. The SMILES string of the molecule is CC(C)(C)c1nnc(SCCOc2ccc(Cl)cc2Cl)n1N. The standard InChI is InChI=1S/C14H18Cl2N4OS/c1-14(2,3)12-18-19-13(20(12)17)22-7-6-21-11-5-4-9(15)8-10(11)16/h4-5,8H,6-7,17H2,1-3H3. The minimum absolute atomic E-state index is 0.145. The van der Waals surface area contributed by atoms with Crippen molar-refractivity contribution in [3.8, 4) is 5.75 Å². The summed E-state index contributed by atoms with van der Waals surface area (Å²) in [4.78, 5) is 0. The second-order valence-corrected chi connectivity index (χ2v) is 7.60. The summed E-state index contributed by atoms with van der Waals surface area (Å²) in [6.45, 7) is 6.60. The maximum Gasteiger partial charge on any atom is 0.209 e. The fourth-order valence-corrected chi connectivity index (χ4v) is 2.90. The fraction of sp³-hybridized carbons (Fsp3) is 0.429. The molecular formula is C14H18Cl2N4OS. The van der Waals surface area contributed by atoms with Crippen molar-refractivity contribution in [2.45, 2.75) is 31.3 Å². The Morgan fingerprint density at radius 3 is 2.59 bits per heavy atom. The van der Waals surface area contributed by atoms with Crippen LogP contribution in [0.15, 0.2) is 23.4 Å². The number of hydrogen-bond donors (Lipinski definition) is 1. The molecule has 0 aliphatic carbocycles. The molecule has 1 aromatic carbocycles. The number of halogens is 2. The number of ether oxygens (including phenoxy) is 1. The van der Waals surface area contributed by atoms with E-state index in [2.05, 4.69) is 10.2 Å². The highest BCUT2D eigenvalue weighted by atomic mass is 35.5. The van der Waals surface area contributed by atoms with Gasteiger partial charge in [0, 0.05) is 16.2 Å². The van der Waals surface area contributed by atoms with E-state index in [0.717, 1.165) is 5.82 Å². The summed E-state index contributed by atoms with van der Waals surface area (Å²) in [6, 6.07) is 5.14.